The summed E-state index contributed by atoms with van der Waals surface area (Å²) in [6.45, 7) is 2.25. The number of carbonyl (C=O) groups excluding carboxylic acids is 1. The molecule has 14 heavy (non-hydrogen) atoms. The first kappa shape index (κ1) is 10.6. The zero-order valence-corrected chi connectivity index (χ0v) is 8.27. The predicted molar refractivity (Wildman–Crippen MR) is 51.6 cm³/mol. The Morgan fingerprint density at radius 3 is 3.00 bits per heavy atom. The van der Waals surface area contributed by atoms with E-state index in [4.69, 9.17) is 4.74 Å². The molecule has 76 valence electrons. The van der Waals surface area contributed by atoms with Crippen LogP contribution in [-0.4, -0.2) is 22.5 Å². The number of hydrogen-bond donors (Lipinski definition) is 0. The molecule has 1 aromatic rings. The number of ether oxygens (including phenoxy) is 1. The first-order valence-electron chi connectivity index (χ1n) is 4.73. The molecule has 0 unspecified atom stereocenters. The smallest absolute Gasteiger partial charge is 0.305 e. The molecule has 0 saturated heterocycles. The molecule has 0 amide bonds. The summed E-state index contributed by atoms with van der Waals surface area (Å²) in [5, 5.41) is 0. The molecular formula is C10H14N2O2. The Morgan fingerprint density at radius 2 is 2.36 bits per heavy atom. The zero-order chi connectivity index (χ0) is 10.2. The lowest BCUT2D eigenvalue weighted by Crippen LogP contribution is -2.04. The lowest BCUT2D eigenvalue weighted by atomic mass is 10.2. The van der Waals surface area contributed by atoms with Gasteiger partial charge in [0, 0.05) is 25.0 Å². The van der Waals surface area contributed by atoms with Gasteiger partial charge >= 0.3 is 5.97 Å². The van der Waals surface area contributed by atoms with Crippen molar-refractivity contribution in [2.75, 3.05) is 6.61 Å². The van der Waals surface area contributed by atoms with Gasteiger partial charge in [-0.05, 0) is 19.8 Å². The normalized spacial score (nSPS) is 9.79. The summed E-state index contributed by atoms with van der Waals surface area (Å²) < 4.78 is 4.80. The predicted octanol–water partition coefficient (Wildman–Crippen LogP) is 1.36. The van der Waals surface area contributed by atoms with Gasteiger partial charge in [-0.2, -0.15) is 0 Å². The van der Waals surface area contributed by atoms with Crippen LogP contribution in [0.3, 0.4) is 0 Å². The molecule has 1 heterocycles. The maximum absolute atomic E-state index is 11.0. The van der Waals surface area contributed by atoms with Crippen LogP contribution in [0, 0.1) is 0 Å². The number of hydrogen-bond acceptors (Lipinski definition) is 4. The van der Waals surface area contributed by atoms with E-state index >= 15 is 0 Å². The molecule has 0 radical (unpaired) electrons. The molecule has 0 fully saturated rings. The van der Waals surface area contributed by atoms with Crippen molar-refractivity contribution in [1.82, 2.24) is 9.97 Å². The van der Waals surface area contributed by atoms with E-state index < -0.39 is 0 Å². The summed E-state index contributed by atoms with van der Waals surface area (Å²) in [5.74, 6) is -0.142. The summed E-state index contributed by atoms with van der Waals surface area (Å²) in [6, 6.07) is 0. The number of aromatic nitrogens is 2. The fourth-order valence-electron chi connectivity index (χ4n) is 1.11. The van der Waals surface area contributed by atoms with Crippen molar-refractivity contribution in [3.63, 3.8) is 0 Å². The number of carbonyl (C=O) groups is 1. The molecule has 0 aliphatic rings. The molecule has 4 nitrogen and oxygen atoms in total. The molecule has 0 saturated carbocycles. The number of rotatable bonds is 5. The second-order valence-corrected chi connectivity index (χ2v) is 2.86. The van der Waals surface area contributed by atoms with E-state index in [1.807, 2.05) is 0 Å². The minimum atomic E-state index is -0.142. The quantitative estimate of drug-likeness (QED) is 0.664. The largest absolute Gasteiger partial charge is 0.466 e. The van der Waals surface area contributed by atoms with Gasteiger partial charge in [0.05, 0.1) is 12.3 Å². The van der Waals surface area contributed by atoms with Crippen molar-refractivity contribution in [2.24, 2.45) is 0 Å². The summed E-state index contributed by atoms with van der Waals surface area (Å²) in [4.78, 5) is 19.0. The Balaban J connectivity index is 2.19. The third-order valence-electron chi connectivity index (χ3n) is 1.74. The zero-order valence-electron chi connectivity index (χ0n) is 8.27. The third-order valence-corrected chi connectivity index (χ3v) is 1.74. The van der Waals surface area contributed by atoms with Crippen molar-refractivity contribution in [3.05, 3.63) is 24.3 Å². The average Bonchev–Trinajstić information content (AvgIpc) is 2.20. The molecule has 0 aromatic carbocycles. The van der Waals surface area contributed by atoms with Crippen LogP contribution in [0.15, 0.2) is 18.6 Å². The van der Waals surface area contributed by atoms with Crippen molar-refractivity contribution in [2.45, 2.75) is 26.2 Å². The standard InChI is InChI=1S/C10H14N2O2/c1-2-14-10(13)5-3-4-9-8-11-6-7-12-9/h6-8H,2-5H2,1H3. The van der Waals surface area contributed by atoms with Gasteiger partial charge in [-0.15, -0.1) is 0 Å². The van der Waals surface area contributed by atoms with Gasteiger partial charge < -0.3 is 4.74 Å². The molecule has 0 aliphatic carbocycles. The van der Waals surface area contributed by atoms with Gasteiger partial charge in [0.2, 0.25) is 0 Å². The van der Waals surface area contributed by atoms with Crippen LogP contribution in [0.5, 0.6) is 0 Å². The van der Waals surface area contributed by atoms with E-state index in [1.165, 1.54) is 0 Å². The first-order chi connectivity index (χ1) is 6.83. The number of nitrogens with zero attached hydrogens (tertiary/aromatic N) is 2. The van der Waals surface area contributed by atoms with Crippen LogP contribution in [0.2, 0.25) is 0 Å². The lowest BCUT2D eigenvalue weighted by molar-refractivity contribution is -0.143. The van der Waals surface area contributed by atoms with Crippen molar-refractivity contribution >= 4 is 5.97 Å². The Labute approximate surface area is 83.3 Å². The fraction of sp³-hybridized carbons (Fsp3) is 0.500. The van der Waals surface area contributed by atoms with Crippen LogP contribution in [0.25, 0.3) is 0 Å². The van der Waals surface area contributed by atoms with E-state index in [-0.39, 0.29) is 5.97 Å². The monoisotopic (exact) mass is 194 g/mol. The minimum Gasteiger partial charge on any atom is -0.466 e. The number of aryl methyl sites for hydroxylation is 1. The van der Waals surface area contributed by atoms with Crippen molar-refractivity contribution in [1.29, 1.82) is 0 Å². The summed E-state index contributed by atoms with van der Waals surface area (Å²) >= 11 is 0. The summed E-state index contributed by atoms with van der Waals surface area (Å²) in [7, 11) is 0. The second-order valence-electron chi connectivity index (χ2n) is 2.86. The van der Waals surface area contributed by atoms with Crippen molar-refractivity contribution in [3.8, 4) is 0 Å². The average molecular weight is 194 g/mol. The number of esters is 1. The molecule has 0 spiro atoms. The van der Waals surface area contributed by atoms with E-state index in [1.54, 1.807) is 25.5 Å². The van der Waals surface area contributed by atoms with Gasteiger partial charge in [-0.1, -0.05) is 0 Å². The van der Waals surface area contributed by atoms with E-state index in [9.17, 15) is 4.79 Å². The lowest BCUT2D eigenvalue weighted by Gasteiger charge is -2.00. The van der Waals surface area contributed by atoms with Crippen LogP contribution in [0.4, 0.5) is 0 Å². The molecule has 1 aromatic heterocycles. The van der Waals surface area contributed by atoms with Gasteiger partial charge in [-0.3, -0.25) is 14.8 Å². The Bertz CT molecular complexity index is 275. The highest BCUT2D eigenvalue weighted by atomic mass is 16.5. The van der Waals surface area contributed by atoms with Crippen LogP contribution < -0.4 is 0 Å². The maximum atomic E-state index is 11.0. The SMILES string of the molecule is CCOC(=O)CCCc1cnccn1. The van der Waals surface area contributed by atoms with E-state index in [0.29, 0.717) is 13.0 Å². The highest BCUT2D eigenvalue weighted by Gasteiger charge is 2.01. The Hall–Kier alpha value is -1.45. The topological polar surface area (TPSA) is 52.1 Å². The van der Waals surface area contributed by atoms with E-state index in [2.05, 4.69) is 9.97 Å². The highest BCUT2D eigenvalue weighted by molar-refractivity contribution is 5.69. The van der Waals surface area contributed by atoms with E-state index in [0.717, 1.165) is 18.5 Å². The summed E-state index contributed by atoms with van der Waals surface area (Å²) in [6.07, 6.45) is 6.98. The van der Waals surface area contributed by atoms with Crippen molar-refractivity contribution < 1.29 is 9.53 Å². The second kappa shape index (κ2) is 6.07. The highest BCUT2D eigenvalue weighted by Crippen LogP contribution is 2.00. The first-order valence-corrected chi connectivity index (χ1v) is 4.73. The molecule has 0 bridgehead atoms. The fourth-order valence-corrected chi connectivity index (χ4v) is 1.11. The van der Waals surface area contributed by atoms with Crippen LogP contribution in [0.1, 0.15) is 25.5 Å². The Morgan fingerprint density at radius 1 is 1.50 bits per heavy atom. The summed E-state index contributed by atoms with van der Waals surface area (Å²) in [5.41, 5.74) is 0.914. The minimum absolute atomic E-state index is 0.142. The molecular weight excluding hydrogens is 180 g/mol. The maximum Gasteiger partial charge on any atom is 0.305 e. The molecule has 0 N–H and O–H groups in total. The molecule has 4 heteroatoms. The van der Waals surface area contributed by atoms with Crippen LogP contribution >= 0.6 is 0 Å². The Kier molecular flexibility index (Phi) is 4.61. The van der Waals surface area contributed by atoms with Gasteiger partial charge in [0.1, 0.15) is 0 Å². The molecule has 0 aliphatic heterocycles. The third kappa shape index (κ3) is 3.98. The van der Waals surface area contributed by atoms with Gasteiger partial charge in [0.25, 0.3) is 0 Å². The van der Waals surface area contributed by atoms with Gasteiger partial charge in [-0.25, -0.2) is 0 Å². The van der Waals surface area contributed by atoms with Gasteiger partial charge in [0.15, 0.2) is 0 Å². The van der Waals surface area contributed by atoms with Crippen LogP contribution in [-0.2, 0) is 16.0 Å². The molecule has 0 atom stereocenters. The molecule has 1 rings (SSSR count).